The van der Waals surface area contributed by atoms with Crippen LogP contribution in [-0.4, -0.2) is 22.0 Å². The Morgan fingerprint density at radius 2 is 2.12 bits per heavy atom. The molecule has 0 spiro atoms. The molecule has 1 N–H and O–H groups in total. The first-order valence-corrected chi connectivity index (χ1v) is 6.38. The lowest BCUT2D eigenvalue weighted by Crippen LogP contribution is -2.05. The average molecular weight is 336 g/mol. The monoisotopic (exact) mass is 334 g/mol. The van der Waals surface area contributed by atoms with Crippen molar-refractivity contribution in [2.75, 3.05) is 7.05 Å². The number of rotatable bonds is 3. The highest BCUT2D eigenvalue weighted by molar-refractivity contribution is 9.10. The van der Waals surface area contributed by atoms with E-state index in [1.807, 2.05) is 25.4 Å². The molecule has 0 bridgehead atoms. The number of nitrogens with zero attached hydrogens (tertiary/aromatic N) is 3. The summed E-state index contributed by atoms with van der Waals surface area (Å²) in [6, 6.07) is 3.65. The molecule has 1 heterocycles. The molecule has 17 heavy (non-hydrogen) atoms. The average Bonchev–Trinajstić information content (AvgIpc) is 2.75. The normalized spacial score (nSPS) is 10.8. The fraction of sp³-hybridized carbons (Fsp3) is 0.200. The second-order valence-electron chi connectivity index (χ2n) is 3.38. The van der Waals surface area contributed by atoms with E-state index in [4.69, 9.17) is 23.2 Å². The van der Waals surface area contributed by atoms with Gasteiger partial charge in [-0.1, -0.05) is 28.4 Å². The summed E-state index contributed by atoms with van der Waals surface area (Å²) in [6.07, 6.45) is 1.81. The number of benzene rings is 1. The van der Waals surface area contributed by atoms with Gasteiger partial charge in [-0.2, -0.15) is 0 Å². The Balaban J connectivity index is 2.42. The molecule has 0 amide bonds. The zero-order valence-corrected chi connectivity index (χ0v) is 12.0. The summed E-state index contributed by atoms with van der Waals surface area (Å²) < 4.78 is 2.36. The molecule has 0 fully saturated rings. The second kappa shape index (κ2) is 5.35. The Hall–Kier alpha value is -0.620. The maximum absolute atomic E-state index is 6.15. The van der Waals surface area contributed by atoms with Crippen molar-refractivity contribution in [1.82, 2.24) is 20.3 Å². The Morgan fingerprint density at radius 1 is 1.35 bits per heavy atom. The summed E-state index contributed by atoms with van der Waals surface area (Å²) in [6.45, 7) is 0.655. The first-order chi connectivity index (χ1) is 8.13. The van der Waals surface area contributed by atoms with Crippen LogP contribution in [0, 0.1) is 0 Å². The zero-order chi connectivity index (χ0) is 12.4. The molecule has 1 aromatic carbocycles. The van der Waals surface area contributed by atoms with Gasteiger partial charge in [0.25, 0.3) is 0 Å². The van der Waals surface area contributed by atoms with Crippen molar-refractivity contribution in [3.63, 3.8) is 0 Å². The molecule has 0 aliphatic heterocycles. The van der Waals surface area contributed by atoms with Crippen molar-refractivity contribution in [2.24, 2.45) is 0 Å². The van der Waals surface area contributed by atoms with Crippen LogP contribution in [0.1, 0.15) is 5.69 Å². The number of halogens is 3. The molecule has 0 atom stereocenters. The number of aromatic nitrogens is 3. The molecule has 0 saturated carbocycles. The van der Waals surface area contributed by atoms with E-state index < -0.39 is 0 Å². The van der Waals surface area contributed by atoms with E-state index in [-0.39, 0.29) is 0 Å². The van der Waals surface area contributed by atoms with Crippen molar-refractivity contribution in [3.8, 4) is 5.69 Å². The van der Waals surface area contributed by atoms with Crippen molar-refractivity contribution < 1.29 is 0 Å². The molecule has 90 valence electrons. The van der Waals surface area contributed by atoms with E-state index in [9.17, 15) is 0 Å². The molecule has 7 heteroatoms. The lowest BCUT2D eigenvalue weighted by atomic mass is 10.3. The van der Waals surface area contributed by atoms with Gasteiger partial charge in [0.1, 0.15) is 0 Å². The van der Waals surface area contributed by atoms with E-state index in [1.54, 1.807) is 4.68 Å². The van der Waals surface area contributed by atoms with Crippen molar-refractivity contribution >= 4 is 39.1 Å². The summed E-state index contributed by atoms with van der Waals surface area (Å²) >= 11 is 15.5. The number of nitrogens with one attached hydrogen (secondary N) is 1. The highest BCUT2D eigenvalue weighted by Crippen LogP contribution is 2.34. The minimum Gasteiger partial charge on any atom is -0.314 e. The second-order valence-corrected chi connectivity index (χ2v) is 4.99. The smallest absolute Gasteiger partial charge is 0.0969 e. The molecule has 1 aromatic heterocycles. The molecule has 2 rings (SSSR count). The third kappa shape index (κ3) is 2.63. The van der Waals surface area contributed by atoms with Gasteiger partial charge in [0.15, 0.2) is 0 Å². The zero-order valence-electron chi connectivity index (χ0n) is 8.91. The van der Waals surface area contributed by atoms with E-state index in [0.29, 0.717) is 22.3 Å². The molecule has 2 aromatic rings. The minimum absolute atomic E-state index is 0.446. The quantitative estimate of drug-likeness (QED) is 0.876. The van der Waals surface area contributed by atoms with E-state index in [1.165, 1.54) is 0 Å². The molecular weight excluding hydrogens is 327 g/mol. The molecule has 0 aliphatic rings. The van der Waals surface area contributed by atoms with Gasteiger partial charge < -0.3 is 5.32 Å². The third-order valence-electron chi connectivity index (χ3n) is 2.16. The van der Waals surface area contributed by atoms with Crippen LogP contribution < -0.4 is 5.32 Å². The molecule has 4 nitrogen and oxygen atoms in total. The maximum Gasteiger partial charge on any atom is 0.0969 e. The molecule has 0 radical (unpaired) electrons. The Morgan fingerprint density at radius 3 is 2.82 bits per heavy atom. The SMILES string of the molecule is CNCc1cn(-c2ccc(Br)c(Cl)c2Cl)nn1. The van der Waals surface area contributed by atoms with Crippen LogP contribution in [0.15, 0.2) is 22.8 Å². The first kappa shape index (κ1) is 12.8. The Labute approximate surface area is 117 Å². The van der Waals surface area contributed by atoms with Crippen LogP contribution in [0.3, 0.4) is 0 Å². The topological polar surface area (TPSA) is 42.7 Å². The van der Waals surface area contributed by atoms with Gasteiger partial charge >= 0.3 is 0 Å². The first-order valence-electron chi connectivity index (χ1n) is 4.83. The standard InChI is InChI=1S/C10H9BrCl2N4/c1-14-4-6-5-17(16-15-6)8-3-2-7(11)9(12)10(8)13/h2-3,5,14H,4H2,1H3. The highest BCUT2D eigenvalue weighted by atomic mass is 79.9. The van der Waals surface area contributed by atoms with Crippen molar-refractivity contribution in [3.05, 3.63) is 38.5 Å². The fourth-order valence-corrected chi connectivity index (χ4v) is 2.23. The Kier molecular flexibility index (Phi) is 4.04. The van der Waals surface area contributed by atoms with E-state index in [2.05, 4.69) is 31.6 Å². The maximum atomic E-state index is 6.15. The van der Waals surface area contributed by atoms with Gasteiger partial charge in [0.2, 0.25) is 0 Å². The number of hydrogen-bond acceptors (Lipinski definition) is 3. The van der Waals surface area contributed by atoms with Crippen LogP contribution in [0.25, 0.3) is 5.69 Å². The minimum atomic E-state index is 0.446. The van der Waals surface area contributed by atoms with Gasteiger partial charge in [-0.3, -0.25) is 0 Å². The van der Waals surface area contributed by atoms with Gasteiger partial charge in [0, 0.05) is 11.0 Å². The van der Waals surface area contributed by atoms with Gasteiger partial charge in [-0.15, -0.1) is 5.10 Å². The molecule has 0 saturated heterocycles. The number of hydrogen-bond donors (Lipinski definition) is 1. The lowest BCUT2D eigenvalue weighted by Gasteiger charge is -2.06. The predicted molar refractivity (Wildman–Crippen MR) is 71.8 cm³/mol. The summed E-state index contributed by atoms with van der Waals surface area (Å²) in [5.41, 5.74) is 1.54. The lowest BCUT2D eigenvalue weighted by molar-refractivity contribution is 0.767. The highest BCUT2D eigenvalue weighted by Gasteiger charge is 2.11. The fourth-order valence-electron chi connectivity index (χ4n) is 1.37. The van der Waals surface area contributed by atoms with Gasteiger partial charge in [0.05, 0.1) is 27.6 Å². The summed E-state index contributed by atoms with van der Waals surface area (Å²) in [5, 5.41) is 11.9. The molecular formula is C10H9BrCl2N4. The van der Waals surface area contributed by atoms with Crippen LogP contribution in [0.2, 0.25) is 10.0 Å². The van der Waals surface area contributed by atoms with E-state index in [0.717, 1.165) is 10.2 Å². The van der Waals surface area contributed by atoms with Gasteiger partial charge in [-0.25, -0.2) is 4.68 Å². The molecule has 0 aliphatic carbocycles. The summed E-state index contributed by atoms with van der Waals surface area (Å²) in [4.78, 5) is 0. The summed E-state index contributed by atoms with van der Waals surface area (Å²) in [7, 11) is 1.85. The summed E-state index contributed by atoms with van der Waals surface area (Å²) in [5.74, 6) is 0. The van der Waals surface area contributed by atoms with Crippen LogP contribution in [0.4, 0.5) is 0 Å². The third-order valence-corrected chi connectivity index (χ3v) is 3.92. The largest absolute Gasteiger partial charge is 0.314 e. The van der Waals surface area contributed by atoms with Crippen LogP contribution in [0.5, 0.6) is 0 Å². The van der Waals surface area contributed by atoms with Crippen LogP contribution >= 0.6 is 39.1 Å². The molecule has 0 unspecified atom stereocenters. The van der Waals surface area contributed by atoms with E-state index >= 15 is 0 Å². The Bertz CT molecular complexity index is 541. The predicted octanol–water partition coefficient (Wildman–Crippen LogP) is 3.06. The van der Waals surface area contributed by atoms with Gasteiger partial charge in [-0.05, 0) is 35.1 Å². The van der Waals surface area contributed by atoms with Crippen molar-refractivity contribution in [1.29, 1.82) is 0 Å². The van der Waals surface area contributed by atoms with Crippen LogP contribution in [-0.2, 0) is 6.54 Å². The van der Waals surface area contributed by atoms with Crippen molar-refractivity contribution in [2.45, 2.75) is 6.54 Å².